The van der Waals surface area contributed by atoms with E-state index in [0.717, 1.165) is 16.4 Å². The molecule has 0 saturated carbocycles. The third-order valence-corrected chi connectivity index (χ3v) is 3.89. The van der Waals surface area contributed by atoms with E-state index >= 15 is 0 Å². The first-order chi connectivity index (χ1) is 4.72. The Hall–Kier alpha value is 0.690. The predicted molar refractivity (Wildman–Crippen MR) is 53.8 cm³/mol. The Morgan fingerprint density at radius 1 is 1.50 bits per heavy atom. The normalized spacial score (nSPS) is 16.8. The van der Waals surface area contributed by atoms with Gasteiger partial charge in [-0.1, -0.05) is 36.4 Å². The van der Waals surface area contributed by atoms with Crippen LogP contribution in [0.4, 0.5) is 0 Å². The first-order valence-corrected chi connectivity index (χ1v) is 5.10. The first kappa shape index (κ1) is 10.7. The lowest BCUT2D eigenvalue weighted by Gasteiger charge is -2.15. The number of hydrogen-bond acceptors (Lipinski definition) is 1. The molecule has 0 aliphatic carbocycles. The molecule has 0 bridgehead atoms. The van der Waals surface area contributed by atoms with E-state index in [1.54, 1.807) is 7.11 Å². The molecular weight excluding hydrogens is 239 g/mol. The molecule has 0 aliphatic rings. The van der Waals surface area contributed by atoms with Gasteiger partial charge in [-0.3, -0.25) is 0 Å². The molecule has 0 saturated heterocycles. The van der Waals surface area contributed by atoms with Gasteiger partial charge in [-0.25, -0.2) is 0 Å². The molecule has 0 N–H and O–H groups in total. The van der Waals surface area contributed by atoms with Gasteiger partial charge in [0.05, 0.1) is 0 Å². The maximum Gasteiger partial charge on any atom is 0.0465 e. The van der Waals surface area contributed by atoms with Gasteiger partial charge >= 0.3 is 0 Å². The van der Waals surface area contributed by atoms with Gasteiger partial charge in [0.2, 0.25) is 0 Å². The zero-order valence-electron chi connectivity index (χ0n) is 7.06. The Labute approximate surface area is 77.7 Å². The Morgan fingerprint density at radius 2 is 2.10 bits per heavy atom. The van der Waals surface area contributed by atoms with Crippen LogP contribution >= 0.6 is 22.6 Å². The second-order valence-corrected chi connectivity index (χ2v) is 4.28. The van der Waals surface area contributed by atoms with Gasteiger partial charge in [0.15, 0.2) is 0 Å². The fourth-order valence-corrected chi connectivity index (χ4v) is 1.25. The minimum Gasteiger partial charge on any atom is -0.385 e. The van der Waals surface area contributed by atoms with Gasteiger partial charge in [0.1, 0.15) is 0 Å². The Kier molecular flexibility index (Phi) is 6.85. The molecular formula is C8H17IO. The highest BCUT2D eigenvalue weighted by atomic mass is 127. The van der Waals surface area contributed by atoms with E-state index in [2.05, 4.69) is 36.4 Å². The van der Waals surface area contributed by atoms with Gasteiger partial charge in [-0.2, -0.15) is 0 Å². The monoisotopic (exact) mass is 256 g/mol. The van der Waals surface area contributed by atoms with Gasteiger partial charge in [-0.15, -0.1) is 0 Å². The third kappa shape index (κ3) is 4.50. The highest BCUT2D eigenvalue weighted by Gasteiger charge is 2.10. The number of alkyl halides is 1. The molecule has 0 heterocycles. The lowest BCUT2D eigenvalue weighted by atomic mass is 10.0. The first-order valence-electron chi connectivity index (χ1n) is 3.85. The summed E-state index contributed by atoms with van der Waals surface area (Å²) >= 11 is 2.52. The topological polar surface area (TPSA) is 9.23 Å². The molecule has 10 heavy (non-hydrogen) atoms. The second kappa shape index (κ2) is 6.40. The fourth-order valence-electron chi connectivity index (χ4n) is 0.887. The molecule has 1 nitrogen and oxygen atoms in total. The zero-order chi connectivity index (χ0) is 7.98. The maximum absolute atomic E-state index is 5.00. The molecule has 0 rings (SSSR count). The van der Waals surface area contributed by atoms with Crippen LogP contribution in [-0.4, -0.2) is 17.6 Å². The summed E-state index contributed by atoms with van der Waals surface area (Å²) in [6.45, 7) is 5.43. The minimum absolute atomic E-state index is 0.797. The standard InChI is InChI=1S/C8H17IO/c1-4-8(9)7(2)5-6-10-3/h7-8H,4-6H2,1-3H3. The molecule has 0 aromatic heterocycles. The van der Waals surface area contributed by atoms with Crippen molar-refractivity contribution in [1.82, 2.24) is 0 Å². The van der Waals surface area contributed by atoms with Crippen molar-refractivity contribution in [1.29, 1.82) is 0 Å². The summed E-state index contributed by atoms with van der Waals surface area (Å²) < 4.78 is 5.82. The summed E-state index contributed by atoms with van der Waals surface area (Å²) in [6.07, 6.45) is 2.46. The second-order valence-electron chi connectivity index (χ2n) is 2.68. The molecule has 2 unspecified atom stereocenters. The number of rotatable bonds is 5. The fraction of sp³-hybridized carbons (Fsp3) is 1.00. The third-order valence-electron chi connectivity index (χ3n) is 1.78. The highest BCUT2D eigenvalue weighted by Crippen LogP contribution is 2.19. The SMILES string of the molecule is CCC(I)C(C)CCOC. The molecule has 2 atom stereocenters. The molecule has 0 radical (unpaired) electrons. The van der Waals surface area contributed by atoms with Crippen molar-refractivity contribution < 1.29 is 4.74 Å². The van der Waals surface area contributed by atoms with Crippen molar-refractivity contribution in [3.63, 3.8) is 0 Å². The molecule has 0 aromatic carbocycles. The summed E-state index contributed by atoms with van der Waals surface area (Å²) in [4.78, 5) is 0. The van der Waals surface area contributed by atoms with Crippen LogP contribution in [0.1, 0.15) is 26.7 Å². The van der Waals surface area contributed by atoms with Crippen molar-refractivity contribution in [2.45, 2.75) is 30.6 Å². The highest BCUT2D eigenvalue weighted by molar-refractivity contribution is 14.1. The van der Waals surface area contributed by atoms with Crippen LogP contribution in [0.2, 0.25) is 0 Å². The quantitative estimate of drug-likeness (QED) is 0.543. The summed E-state index contributed by atoms with van der Waals surface area (Å²) in [6, 6.07) is 0. The van der Waals surface area contributed by atoms with E-state index < -0.39 is 0 Å². The van der Waals surface area contributed by atoms with E-state index in [1.807, 2.05) is 0 Å². The van der Waals surface area contributed by atoms with Gasteiger partial charge in [0.25, 0.3) is 0 Å². The number of ether oxygens (including phenoxy) is 1. The molecule has 62 valence electrons. The largest absolute Gasteiger partial charge is 0.385 e. The zero-order valence-corrected chi connectivity index (χ0v) is 9.22. The van der Waals surface area contributed by atoms with Crippen molar-refractivity contribution in [3.05, 3.63) is 0 Å². The van der Waals surface area contributed by atoms with E-state index in [0.29, 0.717) is 0 Å². The average molecular weight is 256 g/mol. The Morgan fingerprint density at radius 3 is 2.50 bits per heavy atom. The van der Waals surface area contributed by atoms with Crippen LogP contribution in [0.25, 0.3) is 0 Å². The van der Waals surface area contributed by atoms with Gasteiger partial charge in [0, 0.05) is 17.6 Å². The van der Waals surface area contributed by atoms with E-state index in [9.17, 15) is 0 Å². The summed E-state index contributed by atoms with van der Waals surface area (Å²) in [7, 11) is 1.76. The smallest absolute Gasteiger partial charge is 0.0465 e. The van der Waals surface area contributed by atoms with Crippen molar-refractivity contribution >= 4 is 22.6 Å². The summed E-state index contributed by atoms with van der Waals surface area (Å²) in [5, 5.41) is 0. The Balaban J connectivity index is 3.31. The predicted octanol–water partition coefficient (Wildman–Crippen LogP) is 2.87. The summed E-state index contributed by atoms with van der Waals surface area (Å²) in [5.41, 5.74) is 0. The minimum atomic E-state index is 0.797. The van der Waals surface area contributed by atoms with Crippen LogP contribution in [-0.2, 0) is 4.74 Å². The van der Waals surface area contributed by atoms with Crippen LogP contribution in [0.5, 0.6) is 0 Å². The molecule has 0 spiro atoms. The number of halogens is 1. The molecule has 0 aliphatic heterocycles. The lowest BCUT2D eigenvalue weighted by Crippen LogP contribution is -2.11. The Bertz CT molecular complexity index is 75.7. The van der Waals surface area contributed by atoms with Crippen molar-refractivity contribution in [3.8, 4) is 0 Å². The van der Waals surface area contributed by atoms with E-state index in [1.165, 1.54) is 12.8 Å². The van der Waals surface area contributed by atoms with Gasteiger partial charge in [-0.05, 0) is 18.8 Å². The number of hydrogen-bond donors (Lipinski definition) is 0. The summed E-state index contributed by atoms with van der Waals surface area (Å²) in [5.74, 6) is 0.797. The van der Waals surface area contributed by atoms with Crippen molar-refractivity contribution in [2.24, 2.45) is 5.92 Å². The van der Waals surface area contributed by atoms with Crippen LogP contribution in [0, 0.1) is 5.92 Å². The lowest BCUT2D eigenvalue weighted by molar-refractivity contribution is 0.180. The van der Waals surface area contributed by atoms with Gasteiger partial charge < -0.3 is 4.74 Å². The molecule has 2 heteroatoms. The molecule has 0 fully saturated rings. The van der Waals surface area contributed by atoms with E-state index in [4.69, 9.17) is 4.74 Å². The number of methoxy groups -OCH3 is 1. The van der Waals surface area contributed by atoms with Crippen LogP contribution in [0.15, 0.2) is 0 Å². The maximum atomic E-state index is 5.00. The average Bonchev–Trinajstić information content (AvgIpc) is 1.98. The molecule has 0 aromatic rings. The van der Waals surface area contributed by atoms with Crippen LogP contribution in [0.3, 0.4) is 0 Å². The van der Waals surface area contributed by atoms with Crippen molar-refractivity contribution in [2.75, 3.05) is 13.7 Å². The molecule has 0 amide bonds. The van der Waals surface area contributed by atoms with E-state index in [-0.39, 0.29) is 0 Å². The van der Waals surface area contributed by atoms with Crippen LogP contribution < -0.4 is 0 Å².